The molecule has 1 unspecified atom stereocenters. The Morgan fingerprint density at radius 1 is 1.05 bits per heavy atom. The van der Waals surface area contributed by atoms with Crippen molar-refractivity contribution in [2.24, 2.45) is 0 Å². The lowest BCUT2D eigenvalue weighted by atomic mass is 10.0. The topological polar surface area (TPSA) is 87.7 Å². The van der Waals surface area contributed by atoms with Crippen LogP contribution < -0.4 is 20.3 Å². The van der Waals surface area contributed by atoms with Crippen molar-refractivity contribution in [3.05, 3.63) is 90.0 Å². The number of halogens is 3. The van der Waals surface area contributed by atoms with Gasteiger partial charge in [-0.15, -0.1) is 0 Å². The van der Waals surface area contributed by atoms with E-state index in [-0.39, 0.29) is 5.69 Å². The summed E-state index contributed by atoms with van der Waals surface area (Å²) in [5.74, 6) is -1.22. The van der Waals surface area contributed by atoms with Gasteiger partial charge in [0.1, 0.15) is 11.8 Å². The van der Waals surface area contributed by atoms with E-state index in [9.17, 15) is 27.6 Å². The number of amides is 3. The van der Waals surface area contributed by atoms with Crippen molar-refractivity contribution in [1.82, 2.24) is 0 Å². The average molecular weight is 509 g/mol. The first-order valence-corrected chi connectivity index (χ1v) is 11.2. The SMILES string of the molecule is COc1ccc(C=CC(=O)N2c3ccccc3NC(=O)C2CC(=O)Nc2cccc(C(F)(F)F)c2)cc1. The quantitative estimate of drug-likeness (QED) is 0.452. The fraction of sp³-hybridized carbons (Fsp3) is 0.148. The Morgan fingerprint density at radius 3 is 2.49 bits per heavy atom. The van der Waals surface area contributed by atoms with E-state index in [0.29, 0.717) is 22.7 Å². The van der Waals surface area contributed by atoms with E-state index in [1.54, 1.807) is 54.6 Å². The second kappa shape index (κ2) is 10.6. The van der Waals surface area contributed by atoms with E-state index in [0.717, 1.165) is 12.1 Å². The number of rotatable bonds is 6. The molecule has 1 aliphatic rings. The number of ether oxygens (including phenoxy) is 1. The minimum Gasteiger partial charge on any atom is -0.497 e. The van der Waals surface area contributed by atoms with Crippen molar-refractivity contribution in [3.63, 3.8) is 0 Å². The van der Waals surface area contributed by atoms with Crippen LogP contribution in [0.2, 0.25) is 0 Å². The lowest BCUT2D eigenvalue weighted by molar-refractivity contribution is -0.137. The normalized spacial score (nSPS) is 15.2. The number of para-hydroxylation sites is 2. The zero-order valence-corrected chi connectivity index (χ0v) is 19.6. The summed E-state index contributed by atoms with van der Waals surface area (Å²) in [5.41, 5.74) is 0.503. The van der Waals surface area contributed by atoms with Crippen LogP contribution >= 0.6 is 0 Å². The molecular weight excluding hydrogens is 487 g/mol. The van der Waals surface area contributed by atoms with E-state index >= 15 is 0 Å². The number of carbonyl (C=O) groups is 3. The number of hydrogen-bond donors (Lipinski definition) is 2. The van der Waals surface area contributed by atoms with Gasteiger partial charge in [0.15, 0.2) is 0 Å². The predicted octanol–water partition coefficient (Wildman–Crippen LogP) is 5.11. The monoisotopic (exact) mass is 509 g/mol. The van der Waals surface area contributed by atoms with Crippen LogP contribution in [0.25, 0.3) is 6.08 Å². The number of carbonyl (C=O) groups excluding carboxylic acids is 3. The fourth-order valence-corrected chi connectivity index (χ4v) is 3.87. The highest BCUT2D eigenvalue weighted by atomic mass is 19.4. The minimum atomic E-state index is -4.58. The molecule has 0 spiro atoms. The summed E-state index contributed by atoms with van der Waals surface area (Å²) in [7, 11) is 1.54. The highest BCUT2D eigenvalue weighted by molar-refractivity contribution is 6.16. The molecule has 10 heteroatoms. The third-order valence-corrected chi connectivity index (χ3v) is 5.66. The molecule has 190 valence electrons. The van der Waals surface area contributed by atoms with Gasteiger partial charge in [-0.25, -0.2) is 0 Å². The van der Waals surface area contributed by atoms with Crippen LogP contribution in [0.15, 0.2) is 78.9 Å². The Hall–Kier alpha value is -4.60. The first kappa shape index (κ1) is 25.5. The van der Waals surface area contributed by atoms with Gasteiger partial charge in [-0.3, -0.25) is 19.3 Å². The maximum Gasteiger partial charge on any atom is 0.416 e. The van der Waals surface area contributed by atoms with Gasteiger partial charge in [0.25, 0.3) is 5.91 Å². The van der Waals surface area contributed by atoms with Gasteiger partial charge in [0.05, 0.1) is 30.5 Å². The molecule has 7 nitrogen and oxygen atoms in total. The summed E-state index contributed by atoms with van der Waals surface area (Å²) in [4.78, 5) is 40.2. The van der Waals surface area contributed by atoms with Gasteiger partial charge in [0.2, 0.25) is 11.8 Å². The number of methoxy groups -OCH3 is 1. The van der Waals surface area contributed by atoms with E-state index in [2.05, 4.69) is 10.6 Å². The number of nitrogens with zero attached hydrogens (tertiary/aromatic N) is 1. The van der Waals surface area contributed by atoms with Crippen molar-refractivity contribution in [1.29, 1.82) is 0 Å². The summed E-state index contributed by atoms with van der Waals surface area (Å²) in [6.45, 7) is 0. The van der Waals surface area contributed by atoms with Crippen LogP contribution in [-0.2, 0) is 20.6 Å². The molecule has 0 bridgehead atoms. The van der Waals surface area contributed by atoms with Crippen LogP contribution in [0.4, 0.5) is 30.2 Å². The number of hydrogen-bond acceptors (Lipinski definition) is 4. The molecule has 3 aromatic rings. The molecule has 1 aliphatic heterocycles. The zero-order chi connectivity index (χ0) is 26.6. The second-order valence-corrected chi connectivity index (χ2v) is 8.17. The third-order valence-electron chi connectivity index (χ3n) is 5.66. The second-order valence-electron chi connectivity index (χ2n) is 8.17. The molecule has 0 saturated carbocycles. The summed E-state index contributed by atoms with van der Waals surface area (Å²) < 4.78 is 44.2. The van der Waals surface area contributed by atoms with Crippen molar-refractivity contribution in [3.8, 4) is 5.75 Å². The maximum atomic E-state index is 13.3. The largest absolute Gasteiger partial charge is 0.497 e. The first-order chi connectivity index (χ1) is 17.7. The van der Waals surface area contributed by atoms with Gasteiger partial charge >= 0.3 is 6.18 Å². The summed E-state index contributed by atoms with van der Waals surface area (Å²) in [6, 6.07) is 16.5. The van der Waals surface area contributed by atoms with Crippen LogP contribution in [0.3, 0.4) is 0 Å². The molecule has 0 radical (unpaired) electrons. The van der Waals surface area contributed by atoms with Gasteiger partial charge in [-0.05, 0) is 54.1 Å². The van der Waals surface area contributed by atoms with Crippen LogP contribution in [0.1, 0.15) is 17.5 Å². The first-order valence-electron chi connectivity index (χ1n) is 11.2. The molecule has 4 rings (SSSR count). The van der Waals surface area contributed by atoms with Gasteiger partial charge in [0, 0.05) is 11.8 Å². The molecule has 0 fully saturated rings. The Morgan fingerprint density at radius 2 is 1.78 bits per heavy atom. The third kappa shape index (κ3) is 5.97. The number of alkyl halides is 3. The molecule has 3 amide bonds. The van der Waals surface area contributed by atoms with E-state index in [4.69, 9.17) is 4.74 Å². The molecule has 0 aliphatic carbocycles. The Bertz CT molecular complexity index is 1350. The molecule has 37 heavy (non-hydrogen) atoms. The van der Waals surface area contributed by atoms with E-state index in [1.165, 1.54) is 30.2 Å². The van der Waals surface area contributed by atoms with Crippen LogP contribution in [0.5, 0.6) is 5.75 Å². The van der Waals surface area contributed by atoms with E-state index in [1.807, 2.05) is 0 Å². The van der Waals surface area contributed by atoms with Crippen molar-refractivity contribution >= 4 is 40.9 Å². The molecule has 1 atom stereocenters. The lowest BCUT2D eigenvalue weighted by Crippen LogP contribution is -2.52. The number of anilines is 3. The standard InChI is InChI=1S/C27H22F3N3O4/c1-37-20-12-9-17(10-13-20)11-14-25(35)33-22-8-3-2-7-21(22)32-26(36)23(33)16-24(34)31-19-6-4-5-18(15-19)27(28,29)30/h2-15,23H,16H2,1H3,(H,31,34)(H,32,36). The molecule has 3 aromatic carbocycles. The molecule has 2 N–H and O–H groups in total. The highest BCUT2D eigenvalue weighted by Crippen LogP contribution is 2.34. The van der Waals surface area contributed by atoms with E-state index < -0.39 is 41.9 Å². The number of nitrogens with one attached hydrogen (secondary N) is 2. The summed E-state index contributed by atoms with van der Waals surface area (Å²) >= 11 is 0. The van der Waals surface area contributed by atoms with Crippen molar-refractivity contribution in [2.45, 2.75) is 18.6 Å². The van der Waals surface area contributed by atoms with Gasteiger partial charge in [-0.2, -0.15) is 13.2 Å². The average Bonchev–Trinajstić information content (AvgIpc) is 2.87. The molecular formula is C27H22F3N3O4. The van der Waals surface area contributed by atoms with Gasteiger partial charge < -0.3 is 15.4 Å². The Balaban J connectivity index is 1.57. The van der Waals surface area contributed by atoms with Gasteiger partial charge in [-0.1, -0.05) is 30.3 Å². The predicted molar refractivity (Wildman–Crippen MR) is 133 cm³/mol. The van der Waals surface area contributed by atoms with Crippen LogP contribution in [0, 0.1) is 0 Å². The number of fused-ring (bicyclic) bond motifs is 1. The highest BCUT2D eigenvalue weighted by Gasteiger charge is 2.37. The summed E-state index contributed by atoms with van der Waals surface area (Å²) in [5, 5.41) is 5.07. The molecule has 0 saturated heterocycles. The molecule has 1 heterocycles. The van der Waals surface area contributed by atoms with Crippen molar-refractivity contribution < 1.29 is 32.3 Å². The van der Waals surface area contributed by atoms with Crippen molar-refractivity contribution in [2.75, 3.05) is 22.6 Å². The smallest absolute Gasteiger partial charge is 0.416 e. The minimum absolute atomic E-state index is 0.0753. The Labute approximate surface area is 210 Å². The molecule has 0 aromatic heterocycles. The fourth-order valence-electron chi connectivity index (χ4n) is 3.87. The van der Waals surface area contributed by atoms with Crippen LogP contribution in [-0.4, -0.2) is 30.9 Å². The zero-order valence-electron chi connectivity index (χ0n) is 19.6. The summed E-state index contributed by atoms with van der Waals surface area (Å²) in [6.07, 6.45) is -2.20. The Kier molecular flexibility index (Phi) is 7.28. The maximum absolute atomic E-state index is 13.3. The lowest BCUT2D eigenvalue weighted by Gasteiger charge is -2.35. The number of benzene rings is 3.